The average Bonchev–Trinajstić information content (AvgIpc) is 2.35. The summed E-state index contributed by atoms with van der Waals surface area (Å²) in [6.45, 7) is 5.55. The Morgan fingerprint density at radius 1 is 1.50 bits per heavy atom. The number of nitrogens with zero attached hydrogens (tertiary/aromatic N) is 1. The molecule has 0 aliphatic carbocycles. The molecule has 1 aromatic rings. The van der Waals surface area contributed by atoms with Gasteiger partial charge in [0.1, 0.15) is 0 Å². The number of halogens is 1. The minimum Gasteiger partial charge on any atom is -0.382 e. The summed E-state index contributed by atoms with van der Waals surface area (Å²) in [4.78, 5) is 10.2. The molecule has 0 aromatic heterocycles. The summed E-state index contributed by atoms with van der Waals surface area (Å²) >= 11 is 2.07. The highest BCUT2D eigenvalue weighted by atomic mass is 127. The third kappa shape index (κ3) is 5.01. The van der Waals surface area contributed by atoms with Crippen molar-refractivity contribution >= 4 is 34.0 Å². The Bertz CT molecular complexity index is 424. The second kappa shape index (κ2) is 8.04. The van der Waals surface area contributed by atoms with E-state index in [0.29, 0.717) is 19.8 Å². The molecular weight excluding hydrogens is 347 g/mol. The van der Waals surface area contributed by atoms with Crippen molar-refractivity contribution in [1.82, 2.24) is 0 Å². The maximum Gasteiger partial charge on any atom is 0.270 e. The van der Waals surface area contributed by atoms with Crippen LogP contribution in [0.3, 0.4) is 0 Å². The van der Waals surface area contributed by atoms with E-state index in [0.717, 1.165) is 15.7 Å². The minimum absolute atomic E-state index is 0.104. The predicted octanol–water partition coefficient (Wildman–Crippen LogP) is 3.20. The summed E-state index contributed by atoms with van der Waals surface area (Å²) in [5, 5.41) is 13.8. The molecule has 18 heavy (non-hydrogen) atoms. The van der Waals surface area contributed by atoms with Crippen molar-refractivity contribution in [2.75, 3.05) is 25.1 Å². The van der Waals surface area contributed by atoms with Crippen molar-refractivity contribution < 1.29 is 9.66 Å². The summed E-state index contributed by atoms with van der Waals surface area (Å²) < 4.78 is 6.18. The van der Waals surface area contributed by atoms with Crippen LogP contribution in [0.2, 0.25) is 0 Å². The highest BCUT2D eigenvalue weighted by Gasteiger charge is 2.08. The number of ether oxygens (including phenoxy) is 1. The van der Waals surface area contributed by atoms with E-state index >= 15 is 0 Å². The first-order chi connectivity index (χ1) is 8.65. The fourth-order valence-electron chi connectivity index (χ4n) is 1.29. The fourth-order valence-corrected chi connectivity index (χ4v) is 1.98. The molecule has 0 radical (unpaired) electrons. The quantitative estimate of drug-likeness (QED) is 0.254. The highest BCUT2D eigenvalue weighted by Crippen LogP contribution is 2.23. The smallest absolute Gasteiger partial charge is 0.270 e. The molecule has 0 unspecified atom stereocenters. The van der Waals surface area contributed by atoms with Gasteiger partial charge in [0.25, 0.3) is 5.69 Å². The van der Waals surface area contributed by atoms with Crippen LogP contribution < -0.4 is 5.32 Å². The van der Waals surface area contributed by atoms with E-state index in [4.69, 9.17) is 4.74 Å². The molecule has 0 fully saturated rings. The van der Waals surface area contributed by atoms with E-state index in [9.17, 15) is 10.1 Å². The Kier molecular flexibility index (Phi) is 6.66. The lowest BCUT2D eigenvalue weighted by atomic mass is 10.3. The first kappa shape index (κ1) is 14.9. The Balaban J connectivity index is 2.38. The van der Waals surface area contributed by atoms with Crippen LogP contribution in [0.25, 0.3) is 0 Å². The molecular formula is C12H15IN2O3. The van der Waals surface area contributed by atoms with Gasteiger partial charge in [-0.05, 0) is 35.1 Å². The predicted molar refractivity (Wildman–Crippen MR) is 79.9 cm³/mol. The number of nitrogens with one attached hydrogen (secondary N) is 1. The molecule has 1 rings (SSSR count). The van der Waals surface area contributed by atoms with Crippen LogP contribution in [0.4, 0.5) is 11.4 Å². The summed E-state index contributed by atoms with van der Waals surface area (Å²) in [5.41, 5.74) is 0.987. The Morgan fingerprint density at radius 3 is 2.89 bits per heavy atom. The Morgan fingerprint density at radius 2 is 2.28 bits per heavy atom. The zero-order chi connectivity index (χ0) is 13.4. The molecule has 0 heterocycles. The van der Waals surface area contributed by atoms with Crippen LogP contribution in [-0.4, -0.2) is 24.7 Å². The van der Waals surface area contributed by atoms with Gasteiger partial charge in [0.15, 0.2) is 0 Å². The number of nitro benzene ring substituents is 1. The van der Waals surface area contributed by atoms with Crippen molar-refractivity contribution in [2.45, 2.75) is 6.42 Å². The summed E-state index contributed by atoms with van der Waals surface area (Å²) in [6, 6.07) is 4.74. The molecule has 1 N–H and O–H groups in total. The second-order valence-corrected chi connectivity index (χ2v) is 4.70. The maximum absolute atomic E-state index is 10.6. The number of anilines is 1. The Labute approximate surface area is 120 Å². The molecule has 0 amide bonds. The van der Waals surface area contributed by atoms with Gasteiger partial charge in [0.2, 0.25) is 0 Å². The zero-order valence-electron chi connectivity index (χ0n) is 9.89. The van der Waals surface area contributed by atoms with Crippen LogP contribution in [0.15, 0.2) is 30.9 Å². The molecule has 0 saturated heterocycles. The van der Waals surface area contributed by atoms with E-state index in [2.05, 4.69) is 34.5 Å². The number of hydrogen-bond acceptors (Lipinski definition) is 4. The van der Waals surface area contributed by atoms with Gasteiger partial charge in [-0.2, -0.15) is 0 Å². The van der Waals surface area contributed by atoms with Crippen molar-refractivity contribution in [3.05, 3.63) is 44.5 Å². The SMILES string of the molecule is C=CCCOCCNc1ccc([N+](=O)[O-])cc1I. The topological polar surface area (TPSA) is 64.4 Å². The van der Waals surface area contributed by atoms with Gasteiger partial charge in [-0.3, -0.25) is 10.1 Å². The maximum atomic E-state index is 10.6. The average molecular weight is 362 g/mol. The van der Waals surface area contributed by atoms with Gasteiger partial charge in [-0.1, -0.05) is 6.08 Å². The molecule has 0 aliphatic rings. The number of hydrogen-bond donors (Lipinski definition) is 1. The molecule has 0 atom stereocenters. The van der Waals surface area contributed by atoms with Crippen LogP contribution in [-0.2, 0) is 4.74 Å². The van der Waals surface area contributed by atoms with E-state index in [1.165, 1.54) is 6.07 Å². The molecule has 0 saturated carbocycles. The molecule has 0 aliphatic heterocycles. The van der Waals surface area contributed by atoms with Gasteiger partial charge >= 0.3 is 0 Å². The lowest BCUT2D eigenvalue weighted by Gasteiger charge is -2.08. The number of non-ortho nitro benzene ring substituents is 1. The van der Waals surface area contributed by atoms with Crippen LogP contribution >= 0.6 is 22.6 Å². The van der Waals surface area contributed by atoms with Gasteiger partial charge < -0.3 is 10.1 Å². The minimum atomic E-state index is -0.398. The van der Waals surface area contributed by atoms with Crippen molar-refractivity contribution in [3.8, 4) is 0 Å². The van der Waals surface area contributed by atoms with Crippen molar-refractivity contribution in [1.29, 1.82) is 0 Å². The first-order valence-corrected chi connectivity index (χ1v) is 6.59. The van der Waals surface area contributed by atoms with E-state index in [1.54, 1.807) is 12.1 Å². The molecule has 98 valence electrons. The largest absolute Gasteiger partial charge is 0.382 e. The number of rotatable bonds is 8. The van der Waals surface area contributed by atoms with Gasteiger partial charge in [-0.15, -0.1) is 6.58 Å². The second-order valence-electron chi connectivity index (χ2n) is 3.54. The first-order valence-electron chi connectivity index (χ1n) is 5.51. The van der Waals surface area contributed by atoms with E-state index in [-0.39, 0.29) is 5.69 Å². The summed E-state index contributed by atoms with van der Waals surface area (Å²) in [6.07, 6.45) is 2.65. The summed E-state index contributed by atoms with van der Waals surface area (Å²) in [7, 11) is 0. The Hall–Kier alpha value is -1.15. The zero-order valence-corrected chi connectivity index (χ0v) is 12.1. The molecule has 1 aromatic carbocycles. The number of nitro groups is 1. The van der Waals surface area contributed by atoms with Crippen LogP contribution in [0, 0.1) is 13.7 Å². The van der Waals surface area contributed by atoms with Crippen LogP contribution in [0.5, 0.6) is 0 Å². The standard InChI is InChI=1S/C12H15IN2O3/c1-2-3-7-18-8-6-14-12-5-4-10(15(16)17)9-11(12)13/h2,4-5,9,14H,1,3,6-8H2. The lowest BCUT2D eigenvalue weighted by molar-refractivity contribution is -0.384. The van der Waals surface area contributed by atoms with E-state index < -0.39 is 4.92 Å². The van der Waals surface area contributed by atoms with Gasteiger partial charge in [0, 0.05) is 27.9 Å². The lowest BCUT2D eigenvalue weighted by Crippen LogP contribution is -2.10. The van der Waals surface area contributed by atoms with Crippen LogP contribution in [0.1, 0.15) is 6.42 Å². The third-order valence-corrected chi connectivity index (χ3v) is 3.08. The molecule has 5 nitrogen and oxygen atoms in total. The number of benzene rings is 1. The van der Waals surface area contributed by atoms with Gasteiger partial charge in [-0.25, -0.2) is 0 Å². The van der Waals surface area contributed by atoms with E-state index in [1.807, 2.05) is 6.08 Å². The third-order valence-electron chi connectivity index (χ3n) is 2.19. The van der Waals surface area contributed by atoms with Crippen molar-refractivity contribution in [3.63, 3.8) is 0 Å². The van der Waals surface area contributed by atoms with Gasteiger partial charge in [0.05, 0.1) is 18.1 Å². The summed E-state index contributed by atoms with van der Waals surface area (Å²) in [5.74, 6) is 0. The molecule has 6 heteroatoms. The molecule has 0 spiro atoms. The molecule has 0 bridgehead atoms. The normalized spacial score (nSPS) is 10.1. The van der Waals surface area contributed by atoms with Crippen molar-refractivity contribution in [2.24, 2.45) is 0 Å². The monoisotopic (exact) mass is 362 g/mol. The fraction of sp³-hybridized carbons (Fsp3) is 0.333. The highest BCUT2D eigenvalue weighted by molar-refractivity contribution is 14.1.